The number of benzene rings is 1. The number of carbonyl (C=O) groups excluding carboxylic acids is 2. The largest absolute Gasteiger partial charge is 0.277 e. The maximum Gasteiger partial charge on any atom is 0.277 e. The van der Waals surface area contributed by atoms with Gasteiger partial charge in [0.05, 0.1) is 11.7 Å². The number of imide groups is 1. The first-order valence-corrected chi connectivity index (χ1v) is 7.22. The SMILES string of the molecule is Cc1ccc2cnn(N3C(=O)C4=C(CCCC4)C3=O)c2c1. The van der Waals surface area contributed by atoms with Gasteiger partial charge in [0.25, 0.3) is 11.8 Å². The smallest absolute Gasteiger partial charge is 0.267 e. The lowest BCUT2D eigenvalue weighted by molar-refractivity contribution is -0.123. The van der Waals surface area contributed by atoms with E-state index in [0.29, 0.717) is 24.0 Å². The van der Waals surface area contributed by atoms with Crippen LogP contribution in [0.25, 0.3) is 10.9 Å². The first kappa shape index (κ1) is 12.3. The highest BCUT2D eigenvalue weighted by Crippen LogP contribution is 2.32. The molecule has 1 aromatic carbocycles. The second-order valence-electron chi connectivity index (χ2n) is 5.68. The normalized spacial score (nSPS) is 18.8. The van der Waals surface area contributed by atoms with E-state index in [2.05, 4.69) is 5.10 Å². The minimum atomic E-state index is -0.207. The summed E-state index contributed by atoms with van der Waals surface area (Å²) in [6.45, 7) is 1.98. The third-order valence-corrected chi connectivity index (χ3v) is 4.27. The third kappa shape index (κ3) is 1.67. The van der Waals surface area contributed by atoms with Gasteiger partial charge >= 0.3 is 0 Å². The van der Waals surface area contributed by atoms with Crippen molar-refractivity contribution in [1.82, 2.24) is 9.89 Å². The Bertz CT molecular complexity index is 788. The molecule has 2 heterocycles. The van der Waals surface area contributed by atoms with Crippen molar-refractivity contribution in [2.45, 2.75) is 32.6 Å². The number of rotatable bonds is 1. The van der Waals surface area contributed by atoms with E-state index >= 15 is 0 Å². The van der Waals surface area contributed by atoms with Crippen molar-refractivity contribution < 1.29 is 9.59 Å². The van der Waals surface area contributed by atoms with Gasteiger partial charge in [0.15, 0.2) is 0 Å². The molecule has 4 rings (SSSR count). The Labute approximate surface area is 121 Å². The molecule has 0 saturated carbocycles. The molecule has 0 N–H and O–H groups in total. The van der Waals surface area contributed by atoms with E-state index in [0.717, 1.165) is 29.3 Å². The Morgan fingerprint density at radius 1 is 1.05 bits per heavy atom. The second kappa shape index (κ2) is 4.28. The maximum atomic E-state index is 12.6. The average Bonchev–Trinajstić information content (AvgIpc) is 3.00. The van der Waals surface area contributed by atoms with Crippen LogP contribution in [-0.2, 0) is 9.59 Å². The van der Waals surface area contributed by atoms with Gasteiger partial charge < -0.3 is 0 Å². The summed E-state index contributed by atoms with van der Waals surface area (Å²) in [5.74, 6) is -0.414. The number of aryl methyl sites for hydroxylation is 1. The molecule has 0 bridgehead atoms. The first-order chi connectivity index (χ1) is 10.2. The van der Waals surface area contributed by atoms with Crippen LogP contribution in [0.5, 0.6) is 0 Å². The maximum absolute atomic E-state index is 12.6. The predicted molar refractivity (Wildman–Crippen MR) is 78.2 cm³/mol. The summed E-state index contributed by atoms with van der Waals surface area (Å²) in [6.07, 6.45) is 5.05. The minimum Gasteiger partial charge on any atom is -0.267 e. The van der Waals surface area contributed by atoms with E-state index in [9.17, 15) is 9.59 Å². The summed E-state index contributed by atoms with van der Waals surface area (Å²) in [6, 6.07) is 5.89. The number of fused-ring (bicyclic) bond motifs is 1. The summed E-state index contributed by atoms with van der Waals surface area (Å²) >= 11 is 0. The van der Waals surface area contributed by atoms with Crippen LogP contribution in [0.2, 0.25) is 0 Å². The molecule has 0 saturated heterocycles. The van der Waals surface area contributed by atoms with E-state index in [-0.39, 0.29) is 11.8 Å². The van der Waals surface area contributed by atoms with Crippen LogP contribution in [0, 0.1) is 6.92 Å². The van der Waals surface area contributed by atoms with Crippen molar-refractivity contribution in [3.05, 3.63) is 41.1 Å². The predicted octanol–water partition coefficient (Wildman–Crippen LogP) is 2.22. The van der Waals surface area contributed by atoms with Gasteiger partial charge in [-0.25, -0.2) is 0 Å². The van der Waals surface area contributed by atoms with Gasteiger partial charge in [-0.15, -0.1) is 0 Å². The summed E-state index contributed by atoms with van der Waals surface area (Å²) < 4.78 is 0. The summed E-state index contributed by atoms with van der Waals surface area (Å²) in [5.41, 5.74) is 3.22. The van der Waals surface area contributed by atoms with E-state index in [4.69, 9.17) is 0 Å². The number of aromatic nitrogens is 2. The highest BCUT2D eigenvalue weighted by molar-refractivity contribution is 6.29. The van der Waals surface area contributed by atoms with Crippen molar-refractivity contribution in [1.29, 1.82) is 0 Å². The topological polar surface area (TPSA) is 55.2 Å². The Hall–Kier alpha value is -2.43. The fraction of sp³-hybridized carbons (Fsp3) is 0.312. The fourth-order valence-corrected chi connectivity index (χ4v) is 3.17. The molecule has 0 atom stereocenters. The molecule has 0 unspecified atom stereocenters. The van der Waals surface area contributed by atoms with Gasteiger partial charge in [-0.3, -0.25) is 9.59 Å². The Morgan fingerprint density at radius 2 is 1.71 bits per heavy atom. The van der Waals surface area contributed by atoms with E-state index in [1.807, 2.05) is 25.1 Å². The lowest BCUT2D eigenvalue weighted by atomic mass is 9.93. The number of amides is 2. The van der Waals surface area contributed by atoms with Crippen molar-refractivity contribution in [2.24, 2.45) is 0 Å². The molecule has 0 radical (unpaired) electrons. The number of hydrogen-bond acceptors (Lipinski definition) is 3. The van der Waals surface area contributed by atoms with Crippen molar-refractivity contribution in [3.63, 3.8) is 0 Å². The van der Waals surface area contributed by atoms with E-state index in [1.165, 1.54) is 9.80 Å². The number of carbonyl (C=O) groups is 2. The molecule has 1 aliphatic carbocycles. The molecule has 0 spiro atoms. The number of nitrogens with zero attached hydrogens (tertiary/aromatic N) is 3. The zero-order chi connectivity index (χ0) is 14.6. The third-order valence-electron chi connectivity index (χ3n) is 4.27. The lowest BCUT2D eigenvalue weighted by Gasteiger charge is -2.15. The molecule has 2 aliphatic rings. The highest BCUT2D eigenvalue weighted by atomic mass is 16.2. The summed E-state index contributed by atoms with van der Waals surface area (Å²) in [7, 11) is 0. The van der Waals surface area contributed by atoms with E-state index in [1.54, 1.807) is 6.20 Å². The van der Waals surface area contributed by atoms with Crippen molar-refractivity contribution in [3.8, 4) is 0 Å². The molecule has 21 heavy (non-hydrogen) atoms. The van der Waals surface area contributed by atoms with Gasteiger partial charge in [0, 0.05) is 16.5 Å². The molecule has 1 aliphatic heterocycles. The van der Waals surface area contributed by atoms with Crippen LogP contribution in [0.1, 0.15) is 31.2 Å². The number of hydrogen-bond donors (Lipinski definition) is 0. The fourth-order valence-electron chi connectivity index (χ4n) is 3.17. The zero-order valence-electron chi connectivity index (χ0n) is 11.8. The van der Waals surface area contributed by atoms with Gasteiger partial charge in [-0.2, -0.15) is 14.9 Å². The van der Waals surface area contributed by atoms with E-state index < -0.39 is 0 Å². The molecular weight excluding hydrogens is 266 g/mol. The Balaban J connectivity index is 1.85. The Morgan fingerprint density at radius 3 is 2.38 bits per heavy atom. The summed E-state index contributed by atoms with van der Waals surface area (Å²) in [5, 5.41) is 6.37. The zero-order valence-corrected chi connectivity index (χ0v) is 11.8. The monoisotopic (exact) mass is 281 g/mol. The van der Waals surface area contributed by atoms with Crippen LogP contribution in [0.3, 0.4) is 0 Å². The molecular formula is C16H15N3O2. The van der Waals surface area contributed by atoms with Crippen molar-refractivity contribution in [2.75, 3.05) is 5.01 Å². The second-order valence-corrected chi connectivity index (χ2v) is 5.68. The standard InChI is InChI=1S/C16H15N3O2/c1-10-6-7-11-9-17-19(14(11)8-10)18-15(20)12-4-2-3-5-13(12)16(18)21/h6-9H,2-5H2,1H3. The van der Waals surface area contributed by atoms with Crippen molar-refractivity contribution >= 4 is 22.7 Å². The molecule has 5 nitrogen and oxygen atoms in total. The molecule has 1 aromatic heterocycles. The quantitative estimate of drug-likeness (QED) is 0.753. The van der Waals surface area contributed by atoms with Crippen LogP contribution in [0.4, 0.5) is 0 Å². The molecule has 2 amide bonds. The molecule has 2 aromatic rings. The van der Waals surface area contributed by atoms with Gasteiger partial charge in [0.1, 0.15) is 0 Å². The summed E-state index contributed by atoms with van der Waals surface area (Å²) in [4.78, 5) is 26.6. The molecule has 106 valence electrons. The first-order valence-electron chi connectivity index (χ1n) is 7.22. The average molecular weight is 281 g/mol. The minimum absolute atomic E-state index is 0.207. The van der Waals surface area contributed by atoms with Gasteiger partial charge in [-0.1, -0.05) is 12.1 Å². The van der Waals surface area contributed by atoms with Gasteiger partial charge in [-0.05, 0) is 44.2 Å². The highest BCUT2D eigenvalue weighted by Gasteiger charge is 2.40. The Kier molecular flexibility index (Phi) is 2.51. The van der Waals surface area contributed by atoms with Crippen LogP contribution >= 0.6 is 0 Å². The molecule has 5 heteroatoms. The van der Waals surface area contributed by atoms with Crippen LogP contribution in [0.15, 0.2) is 35.5 Å². The lowest BCUT2D eigenvalue weighted by Crippen LogP contribution is -2.42. The molecule has 0 fully saturated rings. The van der Waals surface area contributed by atoms with Gasteiger partial charge in [0.2, 0.25) is 0 Å². The van der Waals surface area contributed by atoms with Crippen LogP contribution < -0.4 is 5.01 Å². The van der Waals surface area contributed by atoms with Crippen LogP contribution in [-0.4, -0.2) is 21.7 Å².